The average molecular weight is 408 g/mol. The summed E-state index contributed by atoms with van der Waals surface area (Å²) < 4.78 is 1.69. The Morgan fingerprint density at radius 1 is 1.21 bits per heavy atom. The van der Waals surface area contributed by atoms with Gasteiger partial charge in [0.1, 0.15) is 6.54 Å². The Morgan fingerprint density at radius 3 is 2.79 bits per heavy atom. The molecule has 5 nitrogen and oxygen atoms in total. The number of aromatic nitrogens is 2. The highest BCUT2D eigenvalue weighted by Crippen LogP contribution is 2.25. The fourth-order valence-electron chi connectivity index (χ4n) is 3.72. The molecule has 0 fully saturated rings. The zero-order valence-corrected chi connectivity index (χ0v) is 16.9. The molecule has 1 amide bonds. The molecular weight excluding hydrogens is 386 g/mol. The van der Waals surface area contributed by atoms with E-state index in [9.17, 15) is 9.59 Å². The predicted octanol–water partition coefficient (Wildman–Crippen LogP) is 4.53. The molecule has 0 unspecified atom stereocenters. The maximum Gasteiger partial charge on any atom is 0.246 e. The van der Waals surface area contributed by atoms with Crippen LogP contribution in [0.5, 0.6) is 0 Å². The molecule has 0 saturated carbocycles. The van der Waals surface area contributed by atoms with E-state index in [1.165, 1.54) is 5.56 Å². The summed E-state index contributed by atoms with van der Waals surface area (Å²) in [5, 5.41) is 7.84. The molecule has 0 spiro atoms. The number of carbonyl (C=O) groups is 2. The van der Waals surface area contributed by atoms with Crippen molar-refractivity contribution in [2.75, 3.05) is 5.32 Å². The van der Waals surface area contributed by atoms with E-state index in [0.29, 0.717) is 27.8 Å². The van der Waals surface area contributed by atoms with Gasteiger partial charge in [0, 0.05) is 22.3 Å². The number of fused-ring (bicyclic) bond motifs is 1. The highest BCUT2D eigenvalue weighted by molar-refractivity contribution is 6.31. The Bertz CT molecular complexity index is 1060. The van der Waals surface area contributed by atoms with Gasteiger partial charge in [0.2, 0.25) is 5.91 Å². The minimum atomic E-state index is -0.234. The first-order chi connectivity index (χ1) is 14.0. The Labute approximate surface area is 174 Å². The van der Waals surface area contributed by atoms with Crippen molar-refractivity contribution >= 4 is 29.0 Å². The average Bonchev–Trinajstić information content (AvgIpc) is 3.10. The number of nitrogens with zero attached hydrogens (tertiary/aromatic N) is 2. The SMILES string of the molecule is C[C@H]1CCc2nn(CC(=O)Nc3ccc(Cl)cc3C(=O)c3ccccc3)cc2C1. The van der Waals surface area contributed by atoms with Gasteiger partial charge in [-0.2, -0.15) is 5.10 Å². The van der Waals surface area contributed by atoms with Gasteiger partial charge in [-0.05, 0) is 48.9 Å². The first-order valence-corrected chi connectivity index (χ1v) is 10.1. The molecule has 1 atom stereocenters. The van der Waals surface area contributed by atoms with Crippen LogP contribution < -0.4 is 5.32 Å². The molecule has 0 bridgehead atoms. The number of hydrogen-bond donors (Lipinski definition) is 1. The number of carbonyl (C=O) groups excluding carboxylic acids is 2. The number of halogens is 1. The number of aryl methyl sites for hydroxylation is 1. The van der Waals surface area contributed by atoms with Crippen molar-refractivity contribution in [1.29, 1.82) is 0 Å². The number of nitrogens with one attached hydrogen (secondary N) is 1. The molecule has 148 valence electrons. The van der Waals surface area contributed by atoms with Crippen LogP contribution in [0.25, 0.3) is 0 Å². The van der Waals surface area contributed by atoms with Gasteiger partial charge in [-0.3, -0.25) is 14.3 Å². The topological polar surface area (TPSA) is 64.0 Å². The van der Waals surface area contributed by atoms with Crippen LogP contribution in [-0.4, -0.2) is 21.5 Å². The number of ketones is 1. The number of hydrogen-bond acceptors (Lipinski definition) is 3. The van der Waals surface area contributed by atoms with E-state index in [0.717, 1.165) is 25.0 Å². The molecule has 0 radical (unpaired) electrons. The second-order valence-electron chi connectivity index (χ2n) is 7.58. The Balaban J connectivity index is 1.52. The minimum Gasteiger partial charge on any atom is -0.324 e. The zero-order valence-electron chi connectivity index (χ0n) is 16.2. The monoisotopic (exact) mass is 407 g/mol. The van der Waals surface area contributed by atoms with Crippen LogP contribution in [0.3, 0.4) is 0 Å². The zero-order chi connectivity index (χ0) is 20.4. The third kappa shape index (κ3) is 4.40. The van der Waals surface area contributed by atoms with Gasteiger partial charge < -0.3 is 5.32 Å². The quantitative estimate of drug-likeness (QED) is 0.632. The van der Waals surface area contributed by atoms with E-state index in [1.54, 1.807) is 47.1 Å². The van der Waals surface area contributed by atoms with Crippen LogP contribution in [0.4, 0.5) is 5.69 Å². The molecular formula is C23H22ClN3O2. The fraction of sp³-hybridized carbons (Fsp3) is 0.261. The van der Waals surface area contributed by atoms with Gasteiger partial charge in [0.15, 0.2) is 5.78 Å². The Kier molecular flexibility index (Phi) is 5.49. The molecule has 6 heteroatoms. The van der Waals surface area contributed by atoms with Crippen molar-refractivity contribution < 1.29 is 9.59 Å². The van der Waals surface area contributed by atoms with Gasteiger partial charge >= 0.3 is 0 Å². The van der Waals surface area contributed by atoms with Gasteiger partial charge in [0.05, 0.1) is 11.4 Å². The molecule has 1 heterocycles. The van der Waals surface area contributed by atoms with E-state index in [1.807, 2.05) is 12.3 Å². The number of rotatable bonds is 5. The highest BCUT2D eigenvalue weighted by atomic mass is 35.5. The van der Waals surface area contributed by atoms with E-state index >= 15 is 0 Å². The molecule has 1 aromatic heterocycles. The summed E-state index contributed by atoms with van der Waals surface area (Å²) in [6.07, 6.45) is 5.05. The number of anilines is 1. The summed E-state index contributed by atoms with van der Waals surface area (Å²) in [5.41, 5.74) is 3.66. The lowest BCUT2D eigenvalue weighted by molar-refractivity contribution is -0.116. The van der Waals surface area contributed by atoms with Gasteiger partial charge in [-0.25, -0.2) is 0 Å². The molecule has 2 aromatic carbocycles. The Hall–Kier alpha value is -2.92. The largest absolute Gasteiger partial charge is 0.324 e. The molecule has 4 rings (SSSR count). The molecule has 1 aliphatic carbocycles. The van der Waals surface area contributed by atoms with Crippen LogP contribution in [0, 0.1) is 5.92 Å². The first-order valence-electron chi connectivity index (χ1n) is 9.74. The summed E-state index contributed by atoms with van der Waals surface area (Å²) in [6.45, 7) is 2.34. The second kappa shape index (κ2) is 8.21. The standard InChI is InChI=1S/C23H22ClN3O2/c1-15-7-9-20-17(11-15)13-27(26-20)14-22(28)25-21-10-8-18(24)12-19(21)23(29)16-5-3-2-4-6-16/h2-6,8,10,12-13,15H,7,9,11,14H2,1H3,(H,25,28)/t15-/m0/s1. The Morgan fingerprint density at radius 2 is 2.00 bits per heavy atom. The number of benzene rings is 2. The molecule has 3 aromatic rings. The van der Waals surface area contributed by atoms with Crippen molar-refractivity contribution in [1.82, 2.24) is 9.78 Å². The summed E-state index contributed by atoms with van der Waals surface area (Å²) in [7, 11) is 0. The predicted molar refractivity (Wildman–Crippen MR) is 113 cm³/mol. The lowest BCUT2D eigenvalue weighted by Crippen LogP contribution is -2.21. The van der Waals surface area contributed by atoms with Crippen LogP contribution in [-0.2, 0) is 24.2 Å². The van der Waals surface area contributed by atoms with Crippen molar-refractivity contribution in [3.8, 4) is 0 Å². The minimum absolute atomic E-state index is 0.100. The lowest BCUT2D eigenvalue weighted by Gasteiger charge is -2.15. The third-order valence-electron chi connectivity index (χ3n) is 5.21. The normalized spacial score (nSPS) is 15.6. The fourth-order valence-corrected chi connectivity index (χ4v) is 3.89. The third-order valence-corrected chi connectivity index (χ3v) is 5.44. The van der Waals surface area contributed by atoms with Crippen LogP contribution >= 0.6 is 11.6 Å². The van der Waals surface area contributed by atoms with E-state index < -0.39 is 0 Å². The smallest absolute Gasteiger partial charge is 0.246 e. The van der Waals surface area contributed by atoms with Gasteiger partial charge in [0.25, 0.3) is 0 Å². The van der Waals surface area contributed by atoms with E-state index in [4.69, 9.17) is 11.6 Å². The van der Waals surface area contributed by atoms with Gasteiger partial charge in [-0.15, -0.1) is 0 Å². The molecule has 1 N–H and O–H groups in total. The maximum atomic E-state index is 12.9. The molecule has 0 saturated heterocycles. The lowest BCUT2D eigenvalue weighted by atomic mass is 9.89. The summed E-state index contributed by atoms with van der Waals surface area (Å²) >= 11 is 6.11. The van der Waals surface area contributed by atoms with E-state index in [-0.39, 0.29) is 18.2 Å². The van der Waals surface area contributed by atoms with Crippen LogP contribution in [0.2, 0.25) is 5.02 Å². The number of amides is 1. The van der Waals surface area contributed by atoms with Crippen LogP contribution in [0.15, 0.2) is 54.7 Å². The summed E-state index contributed by atoms with van der Waals surface area (Å²) in [6, 6.07) is 13.8. The van der Waals surface area contributed by atoms with Crippen LogP contribution in [0.1, 0.15) is 40.5 Å². The van der Waals surface area contributed by atoms with Crippen molar-refractivity contribution in [3.05, 3.63) is 82.1 Å². The first kappa shape index (κ1) is 19.4. The molecule has 29 heavy (non-hydrogen) atoms. The van der Waals surface area contributed by atoms with Crippen molar-refractivity contribution in [2.24, 2.45) is 5.92 Å². The maximum absolute atomic E-state index is 12.9. The van der Waals surface area contributed by atoms with Crippen molar-refractivity contribution in [2.45, 2.75) is 32.7 Å². The molecule has 0 aliphatic heterocycles. The van der Waals surface area contributed by atoms with Gasteiger partial charge in [-0.1, -0.05) is 48.9 Å². The summed E-state index contributed by atoms with van der Waals surface area (Å²) in [5.74, 6) is 0.226. The highest BCUT2D eigenvalue weighted by Gasteiger charge is 2.20. The molecule has 1 aliphatic rings. The van der Waals surface area contributed by atoms with Crippen molar-refractivity contribution in [3.63, 3.8) is 0 Å². The summed E-state index contributed by atoms with van der Waals surface area (Å²) in [4.78, 5) is 25.5. The van der Waals surface area contributed by atoms with E-state index in [2.05, 4.69) is 17.3 Å². The second-order valence-corrected chi connectivity index (χ2v) is 8.02.